The van der Waals surface area contributed by atoms with Gasteiger partial charge in [0.25, 0.3) is 0 Å². The van der Waals surface area contributed by atoms with Crippen molar-refractivity contribution >= 4 is 20.6 Å². The van der Waals surface area contributed by atoms with Crippen LogP contribution in [0.3, 0.4) is 0 Å². The minimum Gasteiger partial charge on any atom is -0.401 e. The molecule has 2 atom stereocenters. The highest BCUT2D eigenvalue weighted by atomic mass is 32.2. The van der Waals surface area contributed by atoms with Gasteiger partial charge in [-0.05, 0) is 38.1 Å². The number of hydrogen-bond donors (Lipinski definition) is 2. The average molecular weight is 501 g/mol. The zero-order chi connectivity index (χ0) is 26.1. The number of rotatable bonds is 6. The third kappa shape index (κ3) is 5.26. The molecule has 5 heteroatoms. The topological polar surface area (TPSA) is 86.2 Å². The monoisotopic (exact) mass is 500 g/mol. The Balaban J connectivity index is 1.87. The van der Waals surface area contributed by atoms with E-state index in [1.165, 1.54) is 11.1 Å². The predicted octanol–water partition coefficient (Wildman–Crippen LogP) is 6.49. The smallest absolute Gasteiger partial charge is 0.193 e. The highest BCUT2D eigenvalue weighted by Gasteiger charge is 2.36. The van der Waals surface area contributed by atoms with Crippen LogP contribution in [0.15, 0.2) is 119 Å². The molecule has 0 saturated carbocycles. The maximum absolute atomic E-state index is 14.3. The van der Waals surface area contributed by atoms with Crippen molar-refractivity contribution in [3.8, 4) is 0 Å². The van der Waals surface area contributed by atoms with Crippen molar-refractivity contribution in [2.45, 2.75) is 50.7 Å². The fraction of sp³-hybridized carbons (Fsp3) is 0.290. The van der Waals surface area contributed by atoms with E-state index in [2.05, 4.69) is 38.2 Å². The van der Waals surface area contributed by atoms with E-state index in [0.717, 1.165) is 18.2 Å². The Morgan fingerprint density at radius 3 is 1.83 bits per heavy atom. The normalized spacial score (nSPS) is 26.0. The van der Waals surface area contributed by atoms with Gasteiger partial charge in [-0.2, -0.15) is 0 Å². The summed E-state index contributed by atoms with van der Waals surface area (Å²) in [6, 6.07) is 12.8. The Labute approximate surface area is 215 Å². The van der Waals surface area contributed by atoms with E-state index in [4.69, 9.17) is 11.5 Å². The Morgan fingerprint density at radius 2 is 1.33 bits per heavy atom. The maximum atomic E-state index is 14.3. The van der Waals surface area contributed by atoms with Gasteiger partial charge >= 0.3 is 0 Å². The zero-order valence-electron chi connectivity index (χ0n) is 21.5. The summed E-state index contributed by atoms with van der Waals surface area (Å²) >= 11 is 0. The molecule has 0 radical (unpaired) electrons. The summed E-state index contributed by atoms with van der Waals surface area (Å²) in [4.78, 5) is 0.235. The molecule has 2 unspecified atom stereocenters. The largest absolute Gasteiger partial charge is 0.401 e. The van der Waals surface area contributed by atoms with Crippen LogP contribution >= 0.6 is 0 Å². The van der Waals surface area contributed by atoms with Gasteiger partial charge in [-0.1, -0.05) is 110 Å². The second-order valence-corrected chi connectivity index (χ2v) is 12.7. The standard InChI is InChI=1S/C31H36N2O2S/c1-22-12-16-30(3,17-13-22)20-26(32)29(27(33)21-31(4)18-14-23(2)15-19-31)36(34,35)28-11-7-9-24-8-5-6-10-25(24)28/h5-16,18,20-21,29H,17,19,32-33H2,1-4H3. The molecule has 4 nitrogen and oxygen atoms in total. The van der Waals surface area contributed by atoms with Crippen molar-refractivity contribution < 1.29 is 8.42 Å². The van der Waals surface area contributed by atoms with Crippen LogP contribution < -0.4 is 11.5 Å². The lowest BCUT2D eigenvalue weighted by Crippen LogP contribution is -2.35. The van der Waals surface area contributed by atoms with E-state index in [-0.39, 0.29) is 16.3 Å². The SMILES string of the molecule is CC1=CCC(C)(C=C(N)C(C(N)=CC2(C)C=CC(C)=CC2)S(=O)(=O)c2cccc3ccccc23)C=C1. The zero-order valence-corrected chi connectivity index (χ0v) is 22.3. The van der Waals surface area contributed by atoms with E-state index in [1.807, 2.05) is 68.5 Å². The Kier molecular flexibility index (Phi) is 6.89. The molecule has 2 aromatic carbocycles. The molecule has 4 rings (SSSR count). The first-order valence-corrected chi connectivity index (χ1v) is 13.9. The highest BCUT2D eigenvalue weighted by Crippen LogP contribution is 2.37. The molecule has 0 saturated heterocycles. The van der Waals surface area contributed by atoms with Gasteiger partial charge in [0.15, 0.2) is 9.84 Å². The van der Waals surface area contributed by atoms with Crippen LogP contribution in [0.4, 0.5) is 0 Å². The third-order valence-electron chi connectivity index (χ3n) is 7.15. The Morgan fingerprint density at radius 1 is 0.833 bits per heavy atom. The van der Waals surface area contributed by atoms with Crippen molar-refractivity contribution in [2.24, 2.45) is 22.3 Å². The first kappa shape index (κ1) is 25.8. The number of nitrogens with two attached hydrogens (primary N) is 2. The van der Waals surface area contributed by atoms with Crippen molar-refractivity contribution in [3.05, 3.63) is 114 Å². The lowest BCUT2D eigenvalue weighted by Gasteiger charge is -2.29. The van der Waals surface area contributed by atoms with Gasteiger partial charge in [-0.15, -0.1) is 0 Å². The van der Waals surface area contributed by atoms with Crippen LogP contribution in [-0.2, 0) is 9.84 Å². The van der Waals surface area contributed by atoms with Crippen molar-refractivity contribution in [3.63, 3.8) is 0 Å². The van der Waals surface area contributed by atoms with Crippen molar-refractivity contribution in [1.82, 2.24) is 0 Å². The van der Waals surface area contributed by atoms with Crippen LogP contribution in [0.5, 0.6) is 0 Å². The summed E-state index contributed by atoms with van der Waals surface area (Å²) in [5.74, 6) is 0. The fourth-order valence-corrected chi connectivity index (χ4v) is 6.79. The highest BCUT2D eigenvalue weighted by molar-refractivity contribution is 7.92. The molecule has 0 bridgehead atoms. The van der Waals surface area contributed by atoms with Crippen LogP contribution in [0.1, 0.15) is 40.5 Å². The predicted molar refractivity (Wildman–Crippen MR) is 151 cm³/mol. The molecule has 0 heterocycles. The van der Waals surface area contributed by atoms with Crippen LogP contribution in [0.2, 0.25) is 0 Å². The number of allylic oxidation sites excluding steroid dienone is 10. The summed E-state index contributed by atoms with van der Waals surface area (Å²) in [7, 11) is -3.97. The molecule has 0 aromatic heterocycles. The Bertz CT molecular complexity index is 1410. The molecule has 4 N–H and O–H groups in total. The molecule has 0 aliphatic heterocycles. The Hall–Kier alpha value is -3.31. The van der Waals surface area contributed by atoms with Gasteiger partial charge in [0.2, 0.25) is 0 Å². The van der Waals surface area contributed by atoms with Gasteiger partial charge in [-0.25, -0.2) is 8.42 Å². The van der Waals surface area contributed by atoms with Crippen LogP contribution in [0.25, 0.3) is 10.8 Å². The summed E-state index contributed by atoms with van der Waals surface area (Å²) < 4.78 is 28.6. The van der Waals surface area contributed by atoms with E-state index in [9.17, 15) is 8.42 Å². The van der Waals surface area contributed by atoms with Crippen LogP contribution in [-0.4, -0.2) is 13.7 Å². The number of fused-ring (bicyclic) bond motifs is 1. The lowest BCUT2D eigenvalue weighted by molar-refractivity contribution is 0.539. The minimum atomic E-state index is -3.97. The summed E-state index contributed by atoms with van der Waals surface area (Å²) in [5, 5.41) is 0.334. The van der Waals surface area contributed by atoms with Gasteiger partial charge in [0.1, 0.15) is 5.25 Å². The average Bonchev–Trinajstić information content (AvgIpc) is 2.82. The first-order valence-electron chi connectivity index (χ1n) is 12.3. The van der Waals surface area contributed by atoms with Gasteiger partial charge in [-0.3, -0.25) is 0 Å². The quantitative estimate of drug-likeness (QED) is 0.474. The number of hydrogen-bond acceptors (Lipinski definition) is 4. The van der Waals surface area contributed by atoms with E-state index in [0.29, 0.717) is 5.39 Å². The minimum absolute atomic E-state index is 0.235. The molecular formula is C31H36N2O2S. The number of sulfone groups is 1. The molecule has 2 aliphatic rings. The molecule has 0 amide bonds. The lowest BCUT2D eigenvalue weighted by atomic mass is 9.80. The number of benzene rings is 2. The van der Waals surface area contributed by atoms with Crippen molar-refractivity contribution in [1.29, 1.82) is 0 Å². The molecule has 2 aromatic rings. The summed E-state index contributed by atoms with van der Waals surface area (Å²) in [6.07, 6.45) is 17.7. The van der Waals surface area contributed by atoms with Gasteiger partial charge < -0.3 is 11.5 Å². The maximum Gasteiger partial charge on any atom is 0.193 e. The molecule has 188 valence electrons. The van der Waals surface area contributed by atoms with E-state index >= 15 is 0 Å². The van der Waals surface area contributed by atoms with E-state index < -0.39 is 25.9 Å². The molecule has 0 fully saturated rings. The summed E-state index contributed by atoms with van der Waals surface area (Å²) in [6.45, 7) is 8.21. The second-order valence-electron chi connectivity index (χ2n) is 10.7. The second kappa shape index (κ2) is 9.62. The van der Waals surface area contributed by atoms with Crippen LogP contribution in [0, 0.1) is 10.8 Å². The van der Waals surface area contributed by atoms with Gasteiger partial charge in [0.05, 0.1) is 4.90 Å². The summed E-state index contributed by atoms with van der Waals surface area (Å²) in [5.41, 5.74) is 15.4. The van der Waals surface area contributed by atoms with E-state index in [1.54, 1.807) is 12.1 Å². The third-order valence-corrected chi connectivity index (χ3v) is 9.28. The van der Waals surface area contributed by atoms with Crippen molar-refractivity contribution in [2.75, 3.05) is 0 Å². The fourth-order valence-electron chi connectivity index (χ4n) is 4.93. The molecule has 36 heavy (non-hydrogen) atoms. The molecular weight excluding hydrogens is 464 g/mol. The first-order chi connectivity index (χ1) is 16.9. The molecule has 0 spiro atoms. The van der Waals surface area contributed by atoms with Gasteiger partial charge in [0, 0.05) is 27.6 Å². The molecule has 2 aliphatic carbocycles.